The Morgan fingerprint density at radius 1 is 1.29 bits per heavy atom. The van der Waals surface area contributed by atoms with Crippen molar-refractivity contribution in [3.05, 3.63) is 56.5 Å². The summed E-state index contributed by atoms with van der Waals surface area (Å²) in [4.78, 5) is 18.9. The first-order valence-electron chi connectivity index (χ1n) is 7.60. The van der Waals surface area contributed by atoms with Crippen molar-refractivity contribution in [2.24, 2.45) is 0 Å². The summed E-state index contributed by atoms with van der Waals surface area (Å²) in [5.41, 5.74) is 1.37. The minimum Gasteiger partial charge on any atom is -0.363 e. The maximum absolute atomic E-state index is 14.2. The van der Waals surface area contributed by atoms with Crippen LogP contribution in [-0.4, -0.2) is 21.1 Å². The lowest BCUT2D eigenvalue weighted by molar-refractivity contribution is 0.561. The van der Waals surface area contributed by atoms with E-state index in [1.807, 2.05) is 11.8 Å². The van der Waals surface area contributed by atoms with Crippen molar-refractivity contribution < 1.29 is 8.78 Å². The van der Waals surface area contributed by atoms with Crippen molar-refractivity contribution in [3.63, 3.8) is 0 Å². The van der Waals surface area contributed by atoms with Gasteiger partial charge in [-0.1, -0.05) is 11.3 Å². The van der Waals surface area contributed by atoms with Gasteiger partial charge < -0.3 is 4.90 Å². The summed E-state index contributed by atoms with van der Waals surface area (Å²) in [7, 11) is 0. The number of anilines is 1. The lowest BCUT2D eigenvalue weighted by Crippen LogP contribution is -2.31. The van der Waals surface area contributed by atoms with Crippen molar-refractivity contribution in [1.29, 1.82) is 0 Å². The average Bonchev–Trinajstić information content (AvgIpc) is 2.87. The summed E-state index contributed by atoms with van der Waals surface area (Å²) in [5, 5.41) is 4.86. The highest BCUT2D eigenvalue weighted by atomic mass is 32.1. The van der Waals surface area contributed by atoms with Crippen LogP contribution in [0, 0.1) is 18.6 Å². The molecule has 8 heteroatoms. The molecule has 24 heavy (non-hydrogen) atoms. The molecule has 0 N–H and O–H groups in total. The van der Waals surface area contributed by atoms with Crippen LogP contribution >= 0.6 is 11.3 Å². The highest BCUT2D eigenvalue weighted by Crippen LogP contribution is 2.31. The molecule has 0 spiro atoms. The predicted octanol–water partition coefficient (Wildman–Crippen LogP) is 2.69. The van der Waals surface area contributed by atoms with E-state index >= 15 is 0 Å². The first kappa shape index (κ1) is 15.2. The molecule has 0 saturated heterocycles. The van der Waals surface area contributed by atoms with Crippen LogP contribution in [0.4, 0.5) is 14.5 Å². The molecule has 0 bridgehead atoms. The third-order valence-corrected chi connectivity index (χ3v) is 4.87. The topological polar surface area (TPSA) is 50.5 Å². The number of nitrogens with zero attached hydrogens (tertiary/aromatic N) is 4. The molecule has 0 fully saturated rings. The van der Waals surface area contributed by atoms with E-state index in [9.17, 15) is 13.6 Å². The summed E-state index contributed by atoms with van der Waals surface area (Å²) < 4.78 is 28.9. The van der Waals surface area contributed by atoms with Gasteiger partial charge in [-0.05, 0) is 31.4 Å². The van der Waals surface area contributed by atoms with Gasteiger partial charge in [-0.3, -0.25) is 4.79 Å². The number of rotatable bonds is 2. The molecule has 5 nitrogen and oxygen atoms in total. The molecule has 0 unspecified atom stereocenters. The summed E-state index contributed by atoms with van der Waals surface area (Å²) in [6, 6.07) is 3.69. The molecule has 4 rings (SSSR count). The maximum Gasteiger partial charge on any atom is 0.275 e. The van der Waals surface area contributed by atoms with Crippen LogP contribution in [0.3, 0.4) is 0 Å². The minimum atomic E-state index is -0.573. The van der Waals surface area contributed by atoms with E-state index < -0.39 is 11.6 Å². The van der Waals surface area contributed by atoms with E-state index in [1.165, 1.54) is 28.0 Å². The van der Waals surface area contributed by atoms with Crippen LogP contribution in [0.15, 0.2) is 23.0 Å². The molecule has 0 saturated carbocycles. The second-order valence-corrected chi connectivity index (χ2v) is 6.98. The van der Waals surface area contributed by atoms with Crippen LogP contribution in [0.2, 0.25) is 0 Å². The van der Waals surface area contributed by atoms with Crippen LogP contribution < -0.4 is 10.5 Å². The summed E-state index contributed by atoms with van der Waals surface area (Å²) in [6.07, 6.45) is 1.44. The number of aryl methyl sites for hydroxylation is 2. The molecule has 3 heterocycles. The van der Waals surface area contributed by atoms with Crippen molar-refractivity contribution in [2.45, 2.75) is 26.3 Å². The fourth-order valence-electron chi connectivity index (χ4n) is 3.12. The average molecular weight is 348 g/mol. The Labute approximate surface area is 140 Å². The van der Waals surface area contributed by atoms with Crippen LogP contribution in [-0.2, 0) is 13.0 Å². The van der Waals surface area contributed by atoms with Gasteiger partial charge in [0.2, 0.25) is 4.96 Å². The van der Waals surface area contributed by atoms with Gasteiger partial charge in [-0.15, -0.1) is 0 Å². The molecule has 1 aromatic carbocycles. The van der Waals surface area contributed by atoms with Gasteiger partial charge in [0.15, 0.2) is 0 Å². The summed E-state index contributed by atoms with van der Waals surface area (Å²) >= 11 is 1.33. The van der Waals surface area contributed by atoms with Crippen LogP contribution in [0.1, 0.15) is 22.7 Å². The maximum atomic E-state index is 14.2. The molecule has 0 amide bonds. The Morgan fingerprint density at radius 3 is 2.96 bits per heavy atom. The Bertz CT molecular complexity index is 998. The zero-order valence-electron chi connectivity index (χ0n) is 12.9. The van der Waals surface area contributed by atoms with Crippen LogP contribution in [0.5, 0.6) is 0 Å². The van der Waals surface area contributed by atoms with E-state index in [0.29, 0.717) is 41.4 Å². The Kier molecular flexibility index (Phi) is 3.56. The molecule has 1 aliphatic heterocycles. The molecular formula is C16H14F2N4OS. The van der Waals surface area contributed by atoms with Crippen LogP contribution in [0.25, 0.3) is 4.96 Å². The number of halogens is 2. The first-order chi connectivity index (χ1) is 11.5. The van der Waals surface area contributed by atoms with E-state index in [4.69, 9.17) is 0 Å². The standard InChI is InChI=1S/C16H14F2N4OS/c1-9-20-22-14(23)7-12(19-16(22)24-9)8-21-4-2-3-10-5-11(17)6-13(18)15(10)21/h5-7H,2-4,8H2,1H3. The lowest BCUT2D eigenvalue weighted by atomic mass is 10.0. The minimum absolute atomic E-state index is 0.254. The van der Waals surface area contributed by atoms with Crippen molar-refractivity contribution >= 4 is 22.0 Å². The largest absolute Gasteiger partial charge is 0.363 e. The van der Waals surface area contributed by atoms with Gasteiger partial charge in [0.05, 0.1) is 17.9 Å². The fourth-order valence-corrected chi connectivity index (χ4v) is 3.89. The van der Waals surface area contributed by atoms with Gasteiger partial charge in [0.1, 0.15) is 16.6 Å². The smallest absolute Gasteiger partial charge is 0.275 e. The normalized spacial score (nSPS) is 14.2. The Morgan fingerprint density at radius 2 is 2.12 bits per heavy atom. The molecule has 124 valence electrons. The van der Waals surface area contributed by atoms with Gasteiger partial charge in [0.25, 0.3) is 5.56 Å². The van der Waals surface area contributed by atoms with Gasteiger partial charge in [0, 0.05) is 18.7 Å². The zero-order chi connectivity index (χ0) is 16.8. The molecule has 0 aliphatic carbocycles. The Balaban J connectivity index is 1.74. The monoisotopic (exact) mass is 348 g/mol. The second-order valence-electron chi connectivity index (χ2n) is 5.82. The van der Waals surface area contributed by atoms with E-state index in [1.54, 1.807) is 0 Å². The predicted molar refractivity (Wildman–Crippen MR) is 87.6 cm³/mol. The number of benzene rings is 1. The molecule has 0 atom stereocenters. The lowest BCUT2D eigenvalue weighted by Gasteiger charge is -2.31. The summed E-state index contributed by atoms with van der Waals surface area (Å²) in [5.74, 6) is -1.14. The van der Waals surface area contributed by atoms with E-state index in [-0.39, 0.29) is 5.56 Å². The van der Waals surface area contributed by atoms with Crippen molar-refractivity contribution in [3.8, 4) is 0 Å². The highest BCUT2D eigenvalue weighted by molar-refractivity contribution is 7.16. The highest BCUT2D eigenvalue weighted by Gasteiger charge is 2.23. The molecule has 2 aromatic heterocycles. The number of fused-ring (bicyclic) bond motifs is 2. The first-order valence-corrected chi connectivity index (χ1v) is 8.42. The van der Waals surface area contributed by atoms with Crippen molar-refractivity contribution in [1.82, 2.24) is 14.6 Å². The zero-order valence-corrected chi connectivity index (χ0v) is 13.7. The SMILES string of the molecule is Cc1nn2c(=O)cc(CN3CCCc4cc(F)cc(F)c43)nc2s1. The Hall–Kier alpha value is -2.35. The molecule has 1 aliphatic rings. The molecule has 3 aromatic rings. The van der Waals surface area contributed by atoms with Gasteiger partial charge in [-0.25, -0.2) is 13.8 Å². The summed E-state index contributed by atoms with van der Waals surface area (Å²) in [6.45, 7) is 2.75. The fraction of sp³-hybridized carbons (Fsp3) is 0.312. The van der Waals surface area contributed by atoms with Gasteiger partial charge >= 0.3 is 0 Å². The number of hydrogen-bond acceptors (Lipinski definition) is 5. The third-order valence-electron chi connectivity index (χ3n) is 4.05. The van der Waals surface area contributed by atoms with Gasteiger partial charge in [-0.2, -0.15) is 9.61 Å². The molecular weight excluding hydrogens is 334 g/mol. The second kappa shape index (κ2) is 5.62. The van der Waals surface area contributed by atoms with E-state index in [2.05, 4.69) is 10.1 Å². The quantitative estimate of drug-likeness (QED) is 0.714. The van der Waals surface area contributed by atoms with E-state index in [0.717, 1.165) is 17.5 Å². The number of aromatic nitrogens is 3. The third kappa shape index (κ3) is 2.56. The van der Waals surface area contributed by atoms with Crippen molar-refractivity contribution in [2.75, 3.05) is 11.4 Å². The number of hydrogen-bond donors (Lipinski definition) is 0. The molecule has 0 radical (unpaired) electrons.